The third-order valence-electron chi connectivity index (χ3n) is 6.20. The number of nitrogens with zero attached hydrogens (tertiary/aromatic N) is 3. The molecular weight excluding hydrogens is 450 g/mol. The maximum absolute atomic E-state index is 12.5. The molecule has 1 aliphatic heterocycles. The standard InChI is InChI=1S/C30H29N3OS/c1-35(34)22-21-30(24-35)33(29-15-9-4-10-16-29)31-23-25-17-19-28(20-18-25)32(26-11-5-2-6-12-26)27-13-7-3-8-14-27/h2-20,23,30H,1,21-22,24H2/b31-23-. The van der Waals surface area contributed by atoms with Gasteiger partial charge in [0.2, 0.25) is 0 Å². The summed E-state index contributed by atoms with van der Waals surface area (Å²) in [5.74, 6) is 5.16. The Hall–Kier alpha value is -3.83. The highest BCUT2D eigenvalue weighted by Gasteiger charge is 2.29. The van der Waals surface area contributed by atoms with Crippen LogP contribution in [0.25, 0.3) is 0 Å². The molecule has 0 aromatic heterocycles. The van der Waals surface area contributed by atoms with Crippen molar-refractivity contribution < 1.29 is 4.21 Å². The van der Waals surface area contributed by atoms with Gasteiger partial charge in [0.15, 0.2) is 0 Å². The van der Waals surface area contributed by atoms with Crippen LogP contribution in [0.4, 0.5) is 22.7 Å². The summed E-state index contributed by atoms with van der Waals surface area (Å²) in [6, 6.07) is 39.3. The van der Waals surface area contributed by atoms with Crippen LogP contribution in [0.15, 0.2) is 120 Å². The van der Waals surface area contributed by atoms with Crippen LogP contribution in [-0.2, 0) is 9.52 Å². The molecule has 1 fully saturated rings. The lowest BCUT2D eigenvalue weighted by molar-refractivity contribution is 0.665. The van der Waals surface area contributed by atoms with E-state index in [-0.39, 0.29) is 6.04 Å². The third kappa shape index (κ3) is 5.47. The SMILES string of the molecule is C=S1(=O)CCC(N(/N=C\c2ccc(N(c3ccccc3)c3ccccc3)cc2)c2ccccc2)C1. The molecule has 2 unspecified atom stereocenters. The van der Waals surface area contributed by atoms with Gasteiger partial charge in [-0.15, -0.1) is 0 Å². The summed E-state index contributed by atoms with van der Waals surface area (Å²) in [4.78, 5) is 2.24. The van der Waals surface area contributed by atoms with Gasteiger partial charge in [-0.05, 0) is 75.9 Å². The van der Waals surface area contributed by atoms with Crippen LogP contribution in [0.5, 0.6) is 0 Å². The maximum atomic E-state index is 12.5. The van der Waals surface area contributed by atoms with Gasteiger partial charge in [0.25, 0.3) is 0 Å². The summed E-state index contributed by atoms with van der Waals surface area (Å²) in [5.41, 5.74) is 5.29. The lowest BCUT2D eigenvalue weighted by Crippen LogP contribution is -2.31. The monoisotopic (exact) mass is 479 g/mol. The Morgan fingerprint density at radius 3 is 1.69 bits per heavy atom. The summed E-state index contributed by atoms with van der Waals surface area (Å²) in [5, 5.41) is 6.85. The molecule has 176 valence electrons. The number of hydrazone groups is 1. The van der Waals surface area contributed by atoms with Crippen LogP contribution in [0.1, 0.15) is 12.0 Å². The van der Waals surface area contributed by atoms with Crippen molar-refractivity contribution in [1.29, 1.82) is 0 Å². The molecule has 0 saturated carbocycles. The molecular formula is C30H29N3OS. The number of para-hydroxylation sites is 3. The number of hydrogen-bond acceptors (Lipinski definition) is 4. The third-order valence-corrected chi connectivity index (χ3v) is 8.17. The average molecular weight is 480 g/mol. The molecule has 0 spiro atoms. The van der Waals surface area contributed by atoms with Gasteiger partial charge >= 0.3 is 0 Å². The van der Waals surface area contributed by atoms with E-state index in [0.717, 1.165) is 34.7 Å². The van der Waals surface area contributed by atoms with Crippen LogP contribution in [-0.4, -0.2) is 33.8 Å². The molecule has 1 aliphatic rings. The quantitative estimate of drug-likeness (QED) is 0.173. The van der Waals surface area contributed by atoms with Crippen LogP contribution in [0.3, 0.4) is 0 Å². The zero-order valence-corrected chi connectivity index (χ0v) is 20.4. The molecule has 35 heavy (non-hydrogen) atoms. The van der Waals surface area contributed by atoms with Gasteiger partial charge < -0.3 is 4.90 Å². The van der Waals surface area contributed by atoms with Crippen molar-refractivity contribution in [3.63, 3.8) is 0 Å². The Morgan fingerprint density at radius 2 is 1.20 bits per heavy atom. The van der Waals surface area contributed by atoms with E-state index < -0.39 is 9.52 Å². The fraction of sp³-hybridized carbons (Fsp3) is 0.133. The smallest absolute Gasteiger partial charge is 0.0644 e. The second-order valence-electron chi connectivity index (χ2n) is 8.80. The van der Waals surface area contributed by atoms with Gasteiger partial charge in [-0.25, -0.2) is 0 Å². The molecule has 2 atom stereocenters. The predicted octanol–water partition coefficient (Wildman–Crippen LogP) is 6.49. The zero-order chi connectivity index (χ0) is 24.1. The number of anilines is 4. The van der Waals surface area contributed by atoms with Crippen molar-refractivity contribution in [3.8, 4) is 0 Å². The fourth-order valence-electron chi connectivity index (χ4n) is 4.45. The molecule has 0 N–H and O–H groups in total. The van der Waals surface area contributed by atoms with Crippen LogP contribution >= 0.6 is 0 Å². The van der Waals surface area contributed by atoms with Gasteiger partial charge in [-0.2, -0.15) is 5.10 Å². The molecule has 0 aliphatic carbocycles. The molecule has 5 rings (SSSR count). The topological polar surface area (TPSA) is 35.9 Å². The van der Waals surface area contributed by atoms with Gasteiger partial charge in [0.1, 0.15) is 0 Å². The van der Waals surface area contributed by atoms with Gasteiger partial charge in [0.05, 0.1) is 17.9 Å². The Bertz CT molecular complexity index is 1330. The molecule has 0 radical (unpaired) electrons. The highest BCUT2D eigenvalue weighted by molar-refractivity contribution is 8.00. The van der Waals surface area contributed by atoms with E-state index in [0.29, 0.717) is 11.5 Å². The normalized spacial score (nSPS) is 19.6. The number of hydrogen-bond donors (Lipinski definition) is 0. The summed E-state index contributed by atoms with van der Waals surface area (Å²) in [6.07, 6.45) is 2.71. The number of benzene rings is 4. The van der Waals surface area contributed by atoms with E-state index in [1.807, 2.05) is 53.7 Å². The summed E-state index contributed by atoms with van der Waals surface area (Å²) >= 11 is 0. The first kappa shape index (κ1) is 22.9. The Morgan fingerprint density at radius 1 is 0.714 bits per heavy atom. The van der Waals surface area contributed by atoms with Crippen LogP contribution < -0.4 is 9.91 Å². The molecule has 1 heterocycles. The first-order valence-corrected chi connectivity index (χ1v) is 13.9. The Balaban J connectivity index is 1.42. The van der Waals surface area contributed by atoms with Crippen molar-refractivity contribution >= 4 is 44.4 Å². The van der Waals surface area contributed by atoms with Crippen molar-refractivity contribution in [3.05, 3.63) is 121 Å². The molecule has 4 aromatic rings. The Kier molecular flexibility index (Phi) is 6.68. The van der Waals surface area contributed by atoms with Gasteiger partial charge in [0, 0.05) is 28.6 Å². The average Bonchev–Trinajstić information content (AvgIpc) is 3.26. The summed E-state index contributed by atoms with van der Waals surface area (Å²) < 4.78 is 12.5. The Labute approximate surface area is 208 Å². The highest BCUT2D eigenvalue weighted by Crippen LogP contribution is 2.34. The largest absolute Gasteiger partial charge is 0.311 e. The minimum atomic E-state index is -2.02. The summed E-state index contributed by atoms with van der Waals surface area (Å²) in [7, 11) is -2.02. The first-order valence-electron chi connectivity index (χ1n) is 11.8. The maximum Gasteiger partial charge on any atom is 0.0644 e. The van der Waals surface area contributed by atoms with Crippen LogP contribution in [0.2, 0.25) is 0 Å². The van der Waals surface area contributed by atoms with Crippen molar-refractivity contribution in [2.75, 3.05) is 21.4 Å². The van der Waals surface area contributed by atoms with E-state index in [9.17, 15) is 4.21 Å². The van der Waals surface area contributed by atoms with E-state index in [2.05, 4.69) is 83.6 Å². The van der Waals surface area contributed by atoms with Crippen molar-refractivity contribution in [2.24, 2.45) is 5.10 Å². The summed E-state index contributed by atoms with van der Waals surface area (Å²) in [6.45, 7) is 0. The first-order chi connectivity index (χ1) is 17.1. The zero-order valence-electron chi connectivity index (χ0n) is 19.6. The van der Waals surface area contributed by atoms with Crippen molar-refractivity contribution in [2.45, 2.75) is 12.5 Å². The second kappa shape index (κ2) is 10.2. The minimum Gasteiger partial charge on any atom is -0.311 e. The van der Waals surface area contributed by atoms with E-state index in [1.54, 1.807) is 0 Å². The molecule has 5 heteroatoms. The van der Waals surface area contributed by atoms with Crippen molar-refractivity contribution in [1.82, 2.24) is 0 Å². The van der Waals surface area contributed by atoms with Gasteiger partial charge in [-0.1, -0.05) is 66.7 Å². The molecule has 4 aromatic carbocycles. The second-order valence-corrected chi connectivity index (χ2v) is 11.5. The lowest BCUT2D eigenvalue weighted by atomic mass is 10.1. The number of rotatable bonds is 7. The highest BCUT2D eigenvalue weighted by atomic mass is 32.2. The van der Waals surface area contributed by atoms with E-state index >= 15 is 0 Å². The van der Waals surface area contributed by atoms with E-state index in [4.69, 9.17) is 5.10 Å². The molecule has 0 bridgehead atoms. The molecule has 4 nitrogen and oxygen atoms in total. The minimum absolute atomic E-state index is 0.0876. The van der Waals surface area contributed by atoms with Crippen LogP contribution in [0, 0.1) is 0 Å². The lowest BCUT2D eigenvalue weighted by Gasteiger charge is -2.26. The van der Waals surface area contributed by atoms with Gasteiger partial charge in [-0.3, -0.25) is 9.22 Å². The fourth-order valence-corrected chi connectivity index (χ4v) is 6.33. The van der Waals surface area contributed by atoms with E-state index in [1.165, 1.54) is 0 Å². The molecule has 0 amide bonds. The molecule has 1 saturated heterocycles. The predicted molar refractivity (Wildman–Crippen MR) is 151 cm³/mol.